The maximum Gasteiger partial charge on any atom is 0.249 e. The average molecular weight is 358 g/mol. The van der Waals surface area contributed by atoms with Crippen molar-refractivity contribution in [3.8, 4) is 0 Å². The molecule has 0 aliphatic carbocycles. The van der Waals surface area contributed by atoms with Crippen molar-refractivity contribution in [2.75, 3.05) is 19.8 Å². The van der Waals surface area contributed by atoms with Crippen LogP contribution in [0.4, 0.5) is 0 Å². The lowest BCUT2D eigenvalue weighted by molar-refractivity contribution is -0.133. The van der Waals surface area contributed by atoms with Gasteiger partial charge >= 0.3 is 0 Å². The molecule has 0 aromatic heterocycles. The second-order valence-electron chi connectivity index (χ2n) is 4.95. The van der Waals surface area contributed by atoms with Crippen molar-refractivity contribution < 1.29 is 14.3 Å². The van der Waals surface area contributed by atoms with Crippen LogP contribution < -0.4 is 5.32 Å². The van der Waals surface area contributed by atoms with Crippen LogP contribution in [0.2, 0.25) is 0 Å². The summed E-state index contributed by atoms with van der Waals surface area (Å²) in [6.07, 6.45) is 0.336. The number of hydrogen-bond donors (Lipinski definition) is 1. The van der Waals surface area contributed by atoms with Crippen molar-refractivity contribution in [3.05, 3.63) is 34.3 Å². The van der Waals surface area contributed by atoms with Gasteiger partial charge in [-0.25, -0.2) is 0 Å². The minimum atomic E-state index is -0.460. The number of carbonyl (C=O) groups excluding carboxylic acids is 1. The van der Waals surface area contributed by atoms with Gasteiger partial charge in [-0.3, -0.25) is 4.79 Å². The zero-order valence-corrected chi connectivity index (χ0v) is 14.5. The number of nitrogens with one attached hydrogen (secondary N) is 1. The first kappa shape index (κ1) is 18.1. The maximum absolute atomic E-state index is 12.0. The summed E-state index contributed by atoms with van der Waals surface area (Å²) in [7, 11) is 0. The zero-order chi connectivity index (χ0) is 15.7. The van der Waals surface area contributed by atoms with Gasteiger partial charge in [0.25, 0.3) is 0 Å². The van der Waals surface area contributed by atoms with Gasteiger partial charge < -0.3 is 14.8 Å². The van der Waals surface area contributed by atoms with Gasteiger partial charge in [-0.1, -0.05) is 28.1 Å². The van der Waals surface area contributed by atoms with E-state index in [0.717, 1.165) is 10.9 Å². The summed E-state index contributed by atoms with van der Waals surface area (Å²) < 4.78 is 11.7. The molecule has 0 aliphatic heterocycles. The first-order chi connectivity index (χ1) is 10.0. The van der Waals surface area contributed by atoms with Gasteiger partial charge in [-0.15, -0.1) is 0 Å². The largest absolute Gasteiger partial charge is 0.379 e. The Balaban J connectivity index is 2.30. The van der Waals surface area contributed by atoms with Crippen LogP contribution in [0.3, 0.4) is 0 Å². The Labute approximate surface area is 135 Å². The highest BCUT2D eigenvalue weighted by atomic mass is 79.9. The maximum atomic E-state index is 12.0. The Morgan fingerprint density at radius 1 is 1.24 bits per heavy atom. The second-order valence-corrected chi connectivity index (χ2v) is 5.87. The van der Waals surface area contributed by atoms with Gasteiger partial charge in [0.15, 0.2) is 0 Å². The van der Waals surface area contributed by atoms with E-state index in [4.69, 9.17) is 9.47 Å². The fourth-order valence-corrected chi connectivity index (χ4v) is 2.15. The fraction of sp³-hybridized carbons (Fsp3) is 0.562. The highest BCUT2D eigenvalue weighted by Crippen LogP contribution is 2.12. The fourth-order valence-electron chi connectivity index (χ4n) is 1.89. The zero-order valence-electron chi connectivity index (χ0n) is 12.9. The lowest BCUT2D eigenvalue weighted by atomic mass is 10.1. The molecule has 1 N–H and O–H groups in total. The van der Waals surface area contributed by atoms with Gasteiger partial charge in [0.05, 0.1) is 13.2 Å². The van der Waals surface area contributed by atoms with Crippen molar-refractivity contribution in [2.45, 2.75) is 39.3 Å². The smallest absolute Gasteiger partial charge is 0.249 e. The van der Waals surface area contributed by atoms with Crippen molar-refractivity contribution in [1.29, 1.82) is 0 Å². The van der Waals surface area contributed by atoms with Gasteiger partial charge in [0.2, 0.25) is 5.91 Å². The van der Waals surface area contributed by atoms with E-state index >= 15 is 0 Å². The molecule has 0 unspecified atom stereocenters. The van der Waals surface area contributed by atoms with Crippen LogP contribution in [-0.4, -0.2) is 37.9 Å². The van der Waals surface area contributed by atoms with Gasteiger partial charge in [-0.05, 0) is 44.9 Å². The van der Waals surface area contributed by atoms with Crippen LogP contribution in [0.1, 0.15) is 26.3 Å². The molecule has 0 saturated heterocycles. The molecule has 2 atom stereocenters. The van der Waals surface area contributed by atoms with Gasteiger partial charge in [0, 0.05) is 17.1 Å². The van der Waals surface area contributed by atoms with E-state index < -0.39 is 6.10 Å². The highest BCUT2D eigenvalue weighted by molar-refractivity contribution is 9.10. The van der Waals surface area contributed by atoms with Crippen LogP contribution in [0.5, 0.6) is 0 Å². The van der Waals surface area contributed by atoms with E-state index in [1.165, 1.54) is 5.56 Å². The predicted molar refractivity (Wildman–Crippen MR) is 87.4 cm³/mol. The molecule has 21 heavy (non-hydrogen) atoms. The van der Waals surface area contributed by atoms with Crippen LogP contribution in [0.25, 0.3) is 0 Å². The van der Waals surface area contributed by atoms with Gasteiger partial charge in [0.1, 0.15) is 6.10 Å². The molecule has 1 amide bonds. The third-order valence-electron chi connectivity index (χ3n) is 3.01. The third kappa shape index (κ3) is 7.60. The summed E-state index contributed by atoms with van der Waals surface area (Å²) in [4.78, 5) is 12.0. The molecular weight excluding hydrogens is 334 g/mol. The predicted octanol–water partition coefficient (Wildman–Crippen LogP) is 2.94. The number of amides is 1. The lowest BCUT2D eigenvalue weighted by Gasteiger charge is -2.18. The summed E-state index contributed by atoms with van der Waals surface area (Å²) in [5.74, 6) is -0.0869. The molecule has 1 rings (SSSR count). The van der Waals surface area contributed by atoms with Crippen molar-refractivity contribution in [1.82, 2.24) is 5.32 Å². The van der Waals surface area contributed by atoms with E-state index in [2.05, 4.69) is 33.4 Å². The SMILES string of the molecule is CCOCCO[C@H](C)C(=O)N[C@@H](C)Cc1ccc(Br)cc1. The molecule has 0 spiro atoms. The summed E-state index contributed by atoms with van der Waals surface area (Å²) in [5.41, 5.74) is 1.19. The molecule has 1 aromatic rings. The number of benzene rings is 1. The molecule has 0 bridgehead atoms. The molecule has 0 aliphatic rings. The van der Waals surface area contributed by atoms with E-state index in [1.807, 2.05) is 26.0 Å². The summed E-state index contributed by atoms with van der Waals surface area (Å²) >= 11 is 3.41. The Morgan fingerprint density at radius 2 is 1.90 bits per heavy atom. The van der Waals surface area contributed by atoms with E-state index in [-0.39, 0.29) is 11.9 Å². The molecule has 5 heteroatoms. The van der Waals surface area contributed by atoms with Crippen LogP contribution in [-0.2, 0) is 20.7 Å². The van der Waals surface area contributed by atoms with Crippen LogP contribution >= 0.6 is 15.9 Å². The van der Waals surface area contributed by atoms with E-state index in [1.54, 1.807) is 6.92 Å². The minimum absolute atomic E-state index is 0.0663. The molecule has 0 fully saturated rings. The first-order valence-corrected chi connectivity index (χ1v) is 8.06. The molecule has 4 nitrogen and oxygen atoms in total. The third-order valence-corrected chi connectivity index (χ3v) is 3.54. The minimum Gasteiger partial charge on any atom is -0.379 e. The lowest BCUT2D eigenvalue weighted by Crippen LogP contribution is -2.41. The standard InChI is InChI=1S/C16H24BrNO3/c1-4-20-9-10-21-13(3)16(19)18-12(2)11-14-5-7-15(17)8-6-14/h5-8,12-13H,4,9-11H2,1-3H3,(H,18,19)/t12-,13+/m0/s1. The summed E-state index contributed by atoms with van der Waals surface area (Å²) in [5, 5.41) is 2.97. The normalized spacial score (nSPS) is 13.7. The number of ether oxygens (including phenoxy) is 2. The second kappa shape index (κ2) is 9.92. The Bertz CT molecular complexity index is 422. The topological polar surface area (TPSA) is 47.6 Å². The Hall–Kier alpha value is -0.910. The number of rotatable bonds is 9. The van der Waals surface area contributed by atoms with Crippen LogP contribution in [0.15, 0.2) is 28.7 Å². The first-order valence-electron chi connectivity index (χ1n) is 7.27. The molecule has 0 heterocycles. The number of halogens is 1. The average Bonchev–Trinajstić information content (AvgIpc) is 2.45. The molecule has 118 valence electrons. The van der Waals surface area contributed by atoms with Crippen molar-refractivity contribution >= 4 is 21.8 Å². The molecule has 0 radical (unpaired) electrons. The van der Waals surface area contributed by atoms with Crippen molar-refractivity contribution in [2.24, 2.45) is 0 Å². The summed E-state index contributed by atoms with van der Waals surface area (Å²) in [6.45, 7) is 7.29. The number of hydrogen-bond acceptors (Lipinski definition) is 3. The van der Waals surface area contributed by atoms with Gasteiger partial charge in [-0.2, -0.15) is 0 Å². The van der Waals surface area contributed by atoms with E-state index in [0.29, 0.717) is 19.8 Å². The molecular formula is C16H24BrNO3. The molecule has 1 aromatic carbocycles. The molecule has 0 saturated carbocycles. The Kier molecular flexibility index (Phi) is 8.57. The highest BCUT2D eigenvalue weighted by Gasteiger charge is 2.15. The van der Waals surface area contributed by atoms with Crippen LogP contribution in [0, 0.1) is 0 Å². The van der Waals surface area contributed by atoms with Crippen molar-refractivity contribution in [3.63, 3.8) is 0 Å². The monoisotopic (exact) mass is 357 g/mol. The number of carbonyl (C=O) groups is 1. The Morgan fingerprint density at radius 3 is 2.52 bits per heavy atom. The van der Waals surface area contributed by atoms with E-state index in [9.17, 15) is 4.79 Å². The summed E-state index contributed by atoms with van der Waals surface area (Å²) in [6, 6.07) is 8.17. The quantitative estimate of drug-likeness (QED) is 0.691.